The van der Waals surface area contributed by atoms with Gasteiger partial charge in [0.1, 0.15) is 17.3 Å². The van der Waals surface area contributed by atoms with Gasteiger partial charge in [-0.05, 0) is 30.7 Å². The van der Waals surface area contributed by atoms with Crippen LogP contribution in [-0.4, -0.2) is 18.1 Å². The van der Waals surface area contributed by atoms with Gasteiger partial charge < -0.3 is 15.2 Å². The molecule has 0 aromatic heterocycles. The highest BCUT2D eigenvalue weighted by Gasteiger charge is 2.15. The first kappa shape index (κ1) is 13.9. The van der Waals surface area contributed by atoms with E-state index in [4.69, 9.17) is 4.74 Å². The molecule has 4 nitrogen and oxygen atoms in total. The van der Waals surface area contributed by atoms with Crippen LogP contribution >= 0.6 is 0 Å². The zero-order valence-corrected chi connectivity index (χ0v) is 11.1. The minimum absolute atomic E-state index is 0.0495. The number of phenols is 1. The van der Waals surface area contributed by atoms with E-state index < -0.39 is 11.7 Å². The fourth-order valence-corrected chi connectivity index (χ4v) is 1.80. The Kier molecular flexibility index (Phi) is 3.89. The zero-order chi connectivity index (χ0) is 14.7. The predicted molar refractivity (Wildman–Crippen MR) is 73.7 cm³/mol. The summed E-state index contributed by atoms with van der Waals surface area (Å²) in [5, 5.41) is 12.2. The van der Waals surface area contributed by atoms with Gasteiger partial charge in [-0.2, -0.15) is 0 Å². The number of phenolic OH excluding ortho intramolecular Hbond substituents is 1. The van der Waals surface area contributed by atoms with Gasteiger partial charge >= 0.3 is 0 Å². The number of carbonyl (C=O) groups excluding carboxylic acids is 1. The average molecular weight is 275 g/mol. The van der Waals surface area contributed by atoms with Crippen molar-refractivity contribution < 1.29 is 19.0 Å². The second kappa shape index (κ2) is 5.61. The lowest BCUT2D eigenvalue weighted by Crippen LogP contribution is -2.14. The van der Waals surface area contributed by atoms with E-state index in [0.717, 1.165) is 0 Å². The molecule has 0 heterocycles. The quantitative estimate of drug-likeness (QED) is 0.905. The first-order chi connectivity index (χ1) is 9.52. The molecule has 0 aliphatic rings. The van der Waals surface area contributed by atoms with Crippen LogP contribution in [0, 0.1) is 12.7 Å². The molecular weight excluding hydrogens is 261 g/mol. The number of nitrogens with one attached hydrogen (secondary N) is 1. The van der Waals surface area contributed by atoms with Gasteiger partial charge in [-0.3, -0.25) is 4.79 Å². The van der Waals surface area contributed by atoms with E-state index >= 15 is 0 Å². The summed E-state index contributed by atoms with van der Waals surface area (Å²) in [4.78, 5) is 12.1. The average Bonchev–Trinajstić information content (AvgIpc) is 2.42. The van der Waals surface area contributed by atoms with E-state index in [-0.39, 0.29) is 17.0 Å². The second-order valence-corrected chi connectivity index (χ2v) is 4.27. The van der Waals surface area contributed by atoms with Crippen molar-refractivity contribution in [3.05, 3.63) is 53.3 Å². The molecule has 0 atom stereocenters. The highest BCUT2D eigenvalue weighted by Crippen LogP contribution is 2.25. The Morgan fingerprint density at radius 3 is 2.65 bits per heavy atom. The number of amides is 1. The van der Waals surface area contributed by atoms with Crippen molar-refractivity contribution in [2.24, 2.45) is 0 Å². The molecule has 2 aromatic carbocycles. The van der Waals surface area contributed by atoms with Gasteiger partial charge in [0.05, 0.1) is 18.4 Å². The number of rotatable bonds is 3. The lowest BCUT2D eigenvalue weighted by molar-refractivity contribution is 0.102. The molecule has 0 unspecified atom stereocenters. The number of carbonyl (C=O) groups is 1. The molecule has 0 saturated heterocycles. The molecule has 20 heavy (non-hydrogen) atoms. The number of aromatic hydroxyl groups is 1. The van der Waals surface area contributed by atoms with Crippen molar-refractivity contribution in [1.82, 2.24) is 0 Å². The highest BCUT2D eigenvalue weighted by molar-refractivity contribution is 6.06. The van der Waals surface area contributed by atoms with Crippen LogP contribution in [0.15, 0.2) is 36.4 Å². The van der Waals surface area contributed by atoms with Crippen molar-refractivity contribution in [3.8, 4) is 11.5 Å². The Labute approximate surface area is 115 Å². The zero-order valence-electron chi connectivity index (χ0n) is 11.1. The number of halogens is 1. The molecule has 0 fully saturated rings. The summed E-state index contributed by atoms with van der Waals surface area (Å²) in [7, 11) is 1.46. The molecule has 0 aliphatic carbocycles. The maximum Gasteiger partial charge on any atom is 0.259 e. The first-order valence-electron chi connectivity index (χ1n) is 5.96. The van der Waals surface area contributed by atoms with Gasteiger partial charge in [0.25, 0.3) is 5.91 Å². The predicted octanol–water partition coefficient (Wildman–Crippen LogP) is 3.10. The normalized spacial score (nSPS) is 10.2. The number of hydrogen-bond acceptors (Lipinski definition) is 3. The maximum atomic E-state index is 13.6. The number of methoxy groups -OCH3 is 1. The summed E-state index contributed by atoms with van der Waals surface area (Å²) in [6.45, 7) is 1.69. The molecule has 1 amide bonds. The smallest absolute Gasteiger partial charge is 0.259 e. The van der Waals surface area contributed by atoms with Crippen LogP contribution in [0.1, 0.15) is 15.9 Å². The summed E-state index contributed by atoms with van der Waals surface area (Å²) in [6, 6.07) is 8.79. The van der Waals surface area contributed by atoms with Crippen LogP contribution in [0.25, 0.3) is 0 Å². The molecule has 0 aliphatic heterocycles. The lowest BCUT2D eigenvalue weighted by Gasteiger charge is -2.11. The Morgan fingerprint density at radius 2 is 2.05 bits per heavy atom. The minimum Gasteiger partial charge on any atom is -0.507 e. The topological polar surface area (TPSA) is 58.6 Å². The third kappa shape index (κ3) is 2.71. The van der Waals surface area contributed by atoms with Gasteiger partial charge in [-0.1, -0.05) is 12.1 Å². The maximum absolute atomic E-state index is 13.6. The Hall–Kier alpha value is -2.56. The van der Waals surface area contributed by atoms with Crippen molar-refractivity contribution in [1.29, 1.82) is 0 Å². The van der Waals surface area contributed by atoms with E-state index in [1.807, 2.05) is 0 Å². The van der Waals surface area contributed by atoms with E-state index in [1.54, 1.807) is 25.1 Å². The van der Waals surface area contributed by atoms with Crippen LogP contribution in [0.4, 0.5) is 10.1 Å². The molecule has 0 bridgehead atoms. The van der Waals surface area contributed by atoms with Gasteiger partial charge in [0, 0.05) is 6.07 Å². The van der Waals surface area contributed by atoms with Crippen LogP contribution in [0.3, 0.4) is 0 Å². The molecule has 0 saturated carbocycles. The number of anilines is 1. The van der Waals surface area contributed by atoms with Crippen molar-refractivity contribution in [2.45, 2.75) is 6.92 Å². The van der Waals surface area contributed by atoms with Crippen LogP contribution in [0.2, 0.25) is 0 Å². The van der Waals surface area contributed by atoms with E-state index in [2.05, 4.69) is 5.32 Å². The molecule has 2 N–H and O–H groups in total. The standard InChI is InChI=1S/C15H14FNO3/c1-9-4-3-5-12(16)14(9)17-15(19)11-7-6-10(20-2)8-13(11)18/h3-8,18H,1-2H3,(H,17,19). The molecule has 0 spiro atoms. The van der Waals surface area contributed by atoms with E-state index in [1.165, 1.54) is 25.3 Å². The Balaban J connectivity index is 2.29. The highest BCUT2D eigenvalue weighted by atomic mass is 19.1. The van der Waals surface area contributed by atoms with Gasteiger partial charge in [0.15, 0.2) is 0 Å². The number of para-hydroxylation sites is 1. The molecule has 5 heteroatoms. The molecular formula is C15H14FNO3. The summed E-state index contributed by atoms with van der Waals surface area (Å²) in [5.41, 5.74) is 0.757. The van der Waals surface area contributed by atoms with Crippen molar-refractivity contribution in [3.63, 3.8) is 0 Å². The van der Waals surface area contributed by atoms with Crippen molar-refractivity contribution in [2.75, 3.05) is 12.4 Å². The van der Waals surface area contributed by atoms with Crippen LogP contribution in [0.5, 0.6) is 11.5 Å². The Morgan fingerprint density at radius 1 is 1.30 bits per heavy atom. The largest absolute Gasteiger partial charge is 0.507 e. The van der Waals surface area contributed by atoms with Gasteiger partial charge in [-0.25, -0.2) is 4.39 Å². The third-order valence-electron chi connectivity index (χ3n) is 2.91. The van der Waals surface area contributed by atoms with Crippen LogP contribution < -0.4 is 10.1 Å². The van der Waals surface area contributed by atoms with Gasteiger partial charge in [-0.15, -0.1) is 0 Å². The third-order valence-corrected chi connectivity index (χ3v) is 2.91. The SMILES string of the molecule is COc1ccc(C(=O)Nc2c(C)cccc2F)c(O)c1. The summed E-state index contributed by atoms with van der Waals surface area (Å²) < 4.78 is 18.6. The summed E-state index contributed by atoms with van der Waals surface area (Å²) >= 11 is 0. The number of hydrogen-bond donors (Lipinski definition) is 2. The fraction of sp³-hybridized carbons (Fsp3) is 0.133. The number of ether oxygens (including phenoxy) is 1. The molecule has 104 valence electrons. The first-order valence-corrected chi connectivity index (χ1v) is 5.96. The summed E-state index contributed by atoms with van der Waals surface area (Å²) in [5.74, 6) is -0.901. The number of aryl methyl sites for hydroxylation is 1. The van der Waals surface area contributed by atoms with Crippen LogP contribution in [-0.2, 0) is 0 Å². The molecule has 0 radical (unpaired) electrons. The minimum atomic E-state index is -0.585. The lowest BCUT2D eigenvalue weighted by atomic mass is 10.1. The van der Waals surface area contributed by atoms with E-state index in [9.17, 15) is 14.3 Å². The Bertz CT molecular complexity index is 635. The number of benzene rings is 2. The van der Waals surface area contributed by atoms with E-state index in [0.29, 0.717) is 11.3 Å². The molecule has 2 aromatic rings. The van der Waals surface area contributed by atoms with Crippen molar-refractivity contribution >= 4 is 11.6 Å². The van der Waals surface area contributed by atoms with Gasteiger partial charge in [0.2, 0.25) is 0 Å². The fourth-order valence-electron chi connectivity index (χ4n) is 1.80. The molecule has 2 rings (SSSR count). The summed E-state index contributed by atoms with van der Waals surface area (Å²) in [6.07, 6.45) is 0. The second-order valence-electron chi connectivity index (χ2n) is 4.27. The monoisotopic (exact) mass is 275 g/mol.